The molecule has 0 aliphatic carbocycles. The topological polar surface area (TPSA) is 48.2 Å². The Kier molecular flexibility index (Phi) is 6.67. The highest BCUT2D eigenvalue weighted by Crippen LogP contribution is 2.31. The third-order valence-corrected chi connectivity index (χ3v) is 5.86. The molecule has 0 saturated carbocycles. The van der Waals surface area contributed by atoms with Crippen LogP contribution in [0.3, 0.4) is 0 Å². The Labute approximate surface area is 160 Å². The Balaban J connectivity index is 1.48. The van der Waals surface area contributed by atoms with Crippen LogP contribution >= 0.6 is 35.1 Å². The van der Waals surface area contributed by atoms with Crippen LogP contribution in [0.25, 0.3) is 11.5 Å². The van der Waals surface area contributed by atoms with Gasteiger partial charge in [-0.05, 0) is 36.4 Å². The van der Waals surface area contributed by atoms with Crippen molar-refractivity contribution in [3.63, 3.8) is 0 Å². The van der Waals surface area contributed by atoms with E-state index in [0.29, 0.717) is 11.1 Å². The summed E-state index contributed by atoms with van der Waals surface area (Å²) in [6.07, 6.45) is 1.02. The third-order valence-electron chi connectivity index (χ3n) is 3.35. The molecular formula is C18H17ClN2O2S2. The van der Waals surface area contributed by atoms with Gasteiger partial charge in [0.05, 0.1) is 17.7 Å². The van der Waals surface area contributed by atoms with Crippen molar-refractivity contribution >= 4 is 35.1 Å². The van der Waals surface area contributed by atoms with E-state index in [1.165, 1.54) is 0 Å². The molecule has 0 radical (unpaired) electrons. The van der Waals surface area contributed by atoms with Gasteiger partial charge in [0.2, 0.25) is 0 Å². The van der Waals surface area contributed by atoms with Crippen molar-refractivity contribution in [2.24, 2.45) is 0 Å². The average molecular weight is 393 g/mol. The fourth-order valence-corrected chi connectivity index (χ4v) is 4.23. The normalized spacial score (nSPS) is 10.8. The van der Waals surface area contributed by atoms with Crippen molar-refractivity contribution in [2.75, 3.05) is 18.6 Å². The SMILES string of the molecule is COc1ccccc1-c1nnc(SCCCSc2ccccc2Cl)o1. The number of methoxy groups -OCH3 is 1. The molecule has 0 aliphatic heterocycles. The van der Waals surface area contributed by atoms with Crippen LogP contribution < -0.4 is 4.74 Å². The number of aromatic nitrogens is 2. The number of rotatable bonds is 8. The molecule has 0 N–H and O–H groups in total. The van der Waals surface area contributed by atoms with Gasteiger partial charge in [0, 0.05) is 10.6 Å². The van der Waals surface area contributed by atoms with Crippen LogP contribution in [0.5, 0.6) is 5.75 Å². The van der Waals surface area contributed by atoms with E-state index in [4.69, 9.17) is 20.8 Å². The largest absolute Gasteiger partial charge is 0.496 e. The minimum atomic E-state index is 0.477. The molecule has 1 heterocycles. The first-order valence-corrected chi connectivity index (χ1v) is 10.1. The maximum atomic E-state index is 6.15. The highest BCUT2D eigenvalue weighted by Gasteiger charge is 2.13. The van der Waals surface area contributed by atoms with Gasteiger partial charge in [-0.1, -0.05) is 47.6 Å². The molecule has 0 saturated heterocycles. The molecule has 3 rings (SSSR count). The van der Waals surface area contributed by atoms with Gasteiger partial charge < -0.3 is 9.15 Å². The van der Waals surface area contributed by atoms with Gasteiger partial charge in [-0.25, -0.2) is 0 Å². The van der Waals surface area contributed by atoms with E-state index in [-0.39, 0.29) is 0 Å². The molecule has 0 spiro atoms. The zero-order valence-corrected chi connectivity index (χ0v) is 16.0. The number of nitrogens with zero attached hydrogens (tertiary/aromatic N) is 2. The Morgan fingerprint density at radius 2 is 1.76 bits per heavy atom. The van der Waals surface area contributed by atoms with E-state index < -0.39 is 0 Å². The van der Waals surface area contributed by atoms with Gasteiger partial charge in [-0.15, -0.1) is 22.0 Å². The molecule has 130 valence electrons. The van der Waals surface area contributed by atoms with Gasteiger partial charge in [0.1, 0.15) is 5.75 Å². The number of para-hydroxylation sites is 1. The molecule has 0 amide bonds. The molecule has 0 unspecified atom stereocenters. The summed E-state index contributed by atoms with van der Waals surface area (Å²) in [7, 11) is 1.63. The number of ether oxygens (including phenoxy) is 1. The average Bonchev–Trinajstić information content (AvgIpc) is 3.11. The minimum absolute atomic E-state index is 0.477. The van der Waals surface area contributed by atoms with Crippen LogP contribution in [0.4, 0.5) is 0 Å². The van der Waals surface area contributed by atoms with E-state index in [1.807, 2.05) is 48.5 Å². The van der Waals surface area contributed by atoms with Crippen LogP contribution in [0.2, 0.25) is 5.02 Å². The summed E-state index contributed by atoms with van der Waals surface area (Å²) in [4.78, 5) is 1.12. The highest BCUT2D eigenvalue weighted by molar-refractivity contribution is 8.00. The van der Waals surface area contributed by atoms with E-state index >= 15 is 0 Å². The van der Waals surface area contributed by atoms with E-state index in [0.717, 1.165) is 39.2 Å². The number of hydrogen-bond donors (Lipinski definition) is 0. The Morgan fingerprint density at radius 3 is 2.60 bits per heavy atom. The van der Waals surface area contributed by atoms with Gasteiger partial charge in [0.25, 0.3) is 11.1 Å². The molecule has 25 heavy (non-hydrogen) atoms. The molecule has 1 aromatic heterocycles. The van der Waals surface area contributed by atoms with Gasteiger partial charge in [0.15, 0.2) is 0 Å². The Morgan fingerprint density at radius 1 is 1.00 bits per heavy atom. The first kappa shape index (κ1) is 18.2. The van der Waals surface area contributed by atoms with Crippen molar-refractivity contribution in [2.45, 2.75) is 16.5 Å². The quantitative estimate of drug-likeness (QED) is 0.363. The first-order chi connectivity index (χ1) is 12.3. The van der Waals surface area contributed by atoms with Crippen molar-refractivity contribution < 1.29 is 9.15 Å². The fourth-order valence-electron chi connectivity index (χ4n) is 2.16. The predicted octanol–water partition coefficient (Wildman–Crippen LogP) is 5.67. The summed E-state index contributed by atoms with van der Waals surface area (Å²) < 4.78 is 11.1. The molecule has 2 aromatic carbocycles. The third kappa shape index (κ3) is 4.93. The summed E-state index contributed by atoms with van der Waals surface area (Å²) in [6, 6.07) is 15.5. The molecule has 0 bridgehead atoms. The number of thioether (sulfide) groups is 2. The minimum Gasteiger partial charge on any atom is -0.496 e. The standard InChI is InChI=1S/C18H17ClN2O2S2/c1-22-15-9-4-2-7-13(15)17-20-21-18(23-17)25-12-6-11-24-16-10-5-3-8-14(16)19/h2-5,7-10H,6,11-12H2,1H3. The summed E-state index contributed by atoms with van der Waals surface area (Å²) >= 11 is 9.47. The lowest BCUT2D eigenvalue weighted by Gasteiger charge is -2.03. The van der Waals surface area contributed by atoms with E-state index in [1.54, 1.807) is 30.6 Å². The van der Waals surface area contributed by atoms with Gasteiger partial charge in [-0.2, -0.15) is 0 Å². The van der Waals surface area contributed by atoms with Crippen LogP contribution in [0.1, 0.15) is 6.42 Å². The second-order valence-electron chi connectivity index (χ2n) is 5.05. The molecule has 0 aliphatic rings. The summed E-state index contributed by atoms with van der Waals surface area (Å²) in [5.74, 6) is 3.10. The first-order valence-electron chi connectivity index (χ1n) is 7.75. The van der Waals surface area contributed by atoms with Crippen LogP contribution in [0, 0.1) is 0 Å². The molecule has 7 heteroatoms. The summed E-state index contributed by atoms with van der Waals surface area (Å²) in [5.41, 5.74) is 0.804. The molecule has 4 nitrogen and oxygen atoms in total. The summed E-state index contributed by atoms with van der Waals surface area (Å²) in [6.45, 7) is 0. The van der Waals surface area contributed by atoms with Crippen LogP contribution in [0.15, 0.2) is 63.1 Å². The Bertz CT molecular complexity index is 826. The maximum absolute atomic E-state index is 6.15. The molecule has 3 aromatic rings. The van der Waals surface area contributed by atoms with Crippen molar-refractivity contribution in [1.82, 2.24) is 10.2 Å². The van der Waals surface area contributed by atoms with E-state index in [9.17, 15) is 0 Å². The van der Waals surface area contributed by atoms with Crippen molar-refractivity contribution in [3.8, 4) is 17.2 Å². The molecular weight excluding hydrogens is 376 g/mol. The lowest BCUT2D eigenvalue weighted by molar-refractivity contribution is 0.411. The number of hydrogen-bond acceptors (Lipinski definition) is 6. The van der Waals surface area contributed by atoms with E-state index in [2.05, 4.69) is 10.2 Å². The summed E-state index contributed by atoms with van der Waals surface area (Å²) in [5, 5.41) is 9.59. The second-order valence-corrected chi connectivity index (χ2v) is 7.64. The van der Waals surface area contributed by atoms with Crippen molar-refractivity contribution in [3.05, 3.63) is 53.6 Å². The number of benzene rings is 2. The zero-order valence-electron chi connectivity index (χ0n) is 13.6. The van der Waals surface area contributed by atoms with Crippen LogP contribution in [-0.2, 0) is 0 Å². The van der Waals surface area contributed by atoms with Gasteiger partial charge in [-0.3, -0.25) is 0 Å². The van der Waals surface area contributed by atoms with Crippen LogP contribution in [-0.4, -0.2) is 28.8 Å². The van der Waals surface area contributed by atoms with Gasteiger partial charge >= 0.3 is 0 Å². The van der Waals surface area contributed by atoms with Crippen molar-refractivity contribution in [1.29, 1.82) is 0 Å². The fraction of sp³-hybridized carbons (Fsp3) is 0.222. The maximum Gasteiger partial charge on any atom is 0.276 e. The number of halogens is 1. The Hall–Kier alpha value is -1.63. The highest BCUT2D eigenvalue weighted by atomic mass is 35.5. The predicted molar refractivity (Wildman–Crippen MR) is 104 cm³/mol. The molecule has 0 fully saturated rings. The lowest BCUT2D eigenvalue weighted by Crippen LogP contribution is -1.87. The zero-order chi connectivity index (χ0) is 17.5. The molecule has 0 atom stereocenters. The lowest BCUT2D eigenvalue weighted by atomic mass is 10.2. The second kappa shape index (κ2) is 9.17. The monoisotopic (exact) mass is 392 g/mol. The smallest absolute Gasteiger partial charge is 0.276 e.